The quantitative estimate of drug-likeness (QED) is 0.0197. The lowest BCUT2D eigenvalue weighted by molar-refractivity contribution is -0.297. The fourth-order valence-corrected chi connectivity index (χ4v) is 8.18. The van der Waals surface area contributed by atoms with E-state index in [1.807, 2.05) is 0 Å². The van der Waals surface area contributed by atoms with Crippen LogP contribution in [-0.4, -0.2) is 96.0 Å². The SMILES string of the molecule is CCCCC/C=C/C/C=C/C/C=C/C/C=C/CCCCCC(=O)O[C@H](COC(=O)CCCCCCCCCCCCCCCCCCC)CO[C@H]1O[C@H](CS(=O)(=O)O)[C@@H](O)C(O)C1O. The number of aliphatic hydroxyl groups is 3. The Morgan fingerprint density at radius 1 is 0.531 bits per heavy atom. The van der Waals surface area contributed by atoms with Gasteiger partial charge < -0.3 is 34.3 Å². The summed E-state index contributed by atoms with van der Waals surface area (Å²) in [5.74, 6) is -2.02. The van der Waals surface area contributed by atoms with E-state index in [2.05, 4.69) is 62.5 Å². The molecule has 1 aliphatic rings. The summed E-state index contributed by atoms with van der Waals surface area (Å²) in [4.78, 5) is 25.5. The Balaban J connectivity index is 2.42. The van der Waals surface area contributed by atoms with Gasteiger partial charge in [-0.3, -0.25) is 14.1 Å². The molecule has 1 rings (SSSR count). The third-order valence-electron chi connectivity index (χ3n) is 11.4. The van der Waals surface area contributed by atoms with Crippen molar-refractivity contribution in [3.63, 3.8) is 0 Å². The van der Waals surface area contributed by atoms with Crippen LogP contribution in [0.5, 0.6) is 0 Å². The molecule has 0 aromatic rings. The highest BCUT2D eigenvalue weighted by atomic mass is 32.2. The van der Waals surface area contributed by atoms with Crippen molar-refractivity contribution in [2.75, 3.05) is 19.0 Å². The number of carbonyl (C=O) groups excluding carboxylic acids is 2. The fraction of sp³-hybridized carbons (Fsp3) is 0.804. The number of hydrogen-bond acceptors (Lipinski definition) is 11. The number of ether oxygens (including phenoxy) is 4. The smallest absolute Gasteiger partial charge is 0.306 e. The van der Waals surface area contributed by atoms with Crippen LogP contribution in [0.3, 0.4) is 0 Å². The Kier molecular flexibility index (Phi) is 38.1. The molecule has 372 valence electrons. The van der Waals surface area contributed by atoms with Gasteiger partial charge in [0.1, 0.15) is 36.8 Å². The lowest BCUT2D eigenvalue weighted by Crippen LogP contribution is -2.60. The Bertz CT molecular complexity index is 1360. The predicted octanol–water partition coefficient (Wildman–Crippen LogP) is 11.1. The molecule has 13 heteroatoms. The van der Waals surface area contributed by atoms with Gasteiger partial charge in [-0.2, -0.15) is 8.42 Å². The zero-order chi connectivity index (χ0) is 46.9. The summed E-state index contributed by atoms with van der Waals surface area (Å²) in [6, 6.07) is 0. The Morgan fingerprint density at radius 3 is 1.42 bits per heavy atom. The molecular formula is C51H90O12S. The van der Waals surface area contributed by atoms with Crippen LogP contribution >= 0.6 is 0 Å². The summed E-state index contributed by atoms with van der Waals surface area (Å²) >= 11 is 0. The molecule has 1 fully saturated rings. The molecule has 1 saturated heterocycles. The van der Waals surface area contributed by atoms with Crippen LogP contribution in [-0.2, 0) is 38.7 Å². The van der Waals surface area contributed by atoms with Crippen molar-refractivity contribution in [1.29, 1.82) is 0 Å². The molecule has 0 aromatic heterocycles. The van der Waals surface area contributed by atoms with Crippen molar-refractivity contribution in [3.05, 3.63) is 48.6 Å². The maximum Gasteiger partial charge on any atom is 0.306 e. The largest absolute Gasteiger partial charge is 0.462 e. The number of unbranched alkanes of at least 4 members (excludes halogenated alkanes) is 22. The van der Waals surface area contributed by atoms with Gasteiger partial charge in [-0.25, -0.2) is 0 Å². The van der Waals surface area contributed by atoms with Crippen LogP contribution in [0.25, 0.3) is 0 Å². The Hall–Kier alpha value is -2.39. The molecule has 1 heterocycles. The summed E-state index contributed by atoms with van der Waals surface area (Å²) in [5, 5.41) is 31.0. The Morgan fingerprint density at radius 2 is 0.938 bits per heavy atom. The second-order valence-corrected chi connectivity index (χ2v) is 19.0. The van der Waals surface area contributed by atoms with Crippen LogP contribution < -0.4 is 0 Å². The van der Waals surface area contributed by atoms with Gasteiger partial charge in [-0.1, -0.05) is 184 Å². The van der Waals surface area contributed by atoms with E-state index in [0.717, 1.165) is 64.2 Å². The zero-order valence-corrected chi connectivity index (χ0v) is 40.7. The predicted molar refractivity (Wildman–Crippen MR) is 256 cm³/mol. The maximum atomic E-state index is 12.8. The molecule has 0 aliphatic carbocycles. The van der Waals surface area contributed by atoms with E-state index in [0.29, 0.717) is 12.8 Å². The highest BCUT2D eigenvalue weighted by molar-refractivity contribution is 7.85. The van der Waals surface area contributed by atoms with E-state index in [1.165, 1.54) is 103 Å². The van der Waals surface area contributed by atoms with E-state index in [4.69, 9.17) is 18.9 Å². The first kappa shape index (κ1) is 59.6. The minimum atomic E-state index is -4.61. The van der Waals surface area contributed by atoms with Crippen molar-refractivity contribution >= 4 is 22.1 Å². The van der Waals surface area contributed by atoms with Gasteiger partial charge >= 0.3 is 11.9 Å². The second-order valence-electron chi connectivity index (χ2n) is 17.5. The molecule has 0 saturated carbocycles. The average molecular weight is 927 g/mol. The summed E-state index contributed by atoms with van der Waals surface area (Å²) < 4.78 is 54.2. The van der Waals surface area contributed by atoms with Crippen LogP contribution in [0.2, 0.25) is 0 Å². The average Bonchev–Trinajstić information content (AvgIpc) is 3.26. The first-order chi connectivity index (χ1) is 31.0. The van der Waals surface area contributed by atoms with Gasteiger partial charge in [0.25, 0.3) is 10.1 Å². The highest BCUT2D eigenvalue weighted by Crippen LogP contribution is 2.24. The Labute approximate surface area is 388 Å². The van der Waals surface area contributed by atoms with Crippen LogP contribution in [0.15, 0.2) is 48.6 Å². The molecule has 0 bridgehead atoms. The topological polar surface area (TPSA) is 186 Å². The third-order valence-corrected chi connectivity index (χ3v) is 12.2. The first-order valence-corrected chi connectivity index (χ1v) is 26.8. The molecule has 0 spiro atoms. The summed E-state index contributed by atoms with van der Waals surface area (Å²) in [6.45, 7) is 3.73. The summed E-state index contributed by atoms with van der Waals surface area (Å²) in [6.07, 6.45) is 40.0. The molecule has 1 aliphatic heterocycles. The van der Waals surface area contributed by atoms with Gasteiger partial charge in [0.15, 0.2) is 12.4 Å². The molecule has 0 amide bonds. The summed E-state index contributed by atoms with van der Waals surface area (Å²) in [5.41, 5.74) is 0. The van der Waals surface area contributed by atoms with Gasteiger partial charge in [-0.05, 0) is 57.8 Å². The normalized spacial score (nSPS) is 20.0. The molecular weight excluding hydrogens is 837 g/mol. The number of allylic oxidation sites excluding steroid dienone is 8. The van der Waals surface area contributed by atoms with Crippen molar-refractivity contribution in [1.82, 2.24) is 0 Å². The van der Waals surface area contributed by atoms with E-state index < -0.39 is 71.2 Å². The van der Waals surface area contributed by atoms with Crippen LogP contribution in [0.1, 0.15) is 206 Å². The van der Waals surface area contributed by atoms with E-state index >= 15 is 0 Å². The minimum Gasteiger partial charge on any atom is -0.462 e. The highest BCUT2D eigenvalue weighted by Gasteiger charge is 2.46. The van der Waals surface area contributed by atoms with Gasteiger partial charge in [0, 0.05) is 12.8 Å². The monoisotopic (exact) mass is 927 g/mol. The van der Waals surface area contributed by atoms with E-state index in [1.54, 1.807) is 0 Å². The number of rotatable bonds is 42. The minimum absolute atomic E-state index is 0.127. The second kappa shape index (κ2) is 40.8. The molecule has 6 atom stereocenters. The molecule has 0 aromatic carbocycles. The zero-order valence-electron chi connectivity index (χ0n) is 39.9. The lowest BCUT2D eigenvalue weighted by Gasteiger charge is -2.40. The van der Waals surface area contributed by atoms with Gasteiger partial charge in [0.2, 0.25) is 0 Å². The van der Waals surface area contributed by atoms with Crippen molar-refractivity contribution in [2.24, 2.45) is 0 Å². The fourth-order valence-electron chi connectivity index (χ4n) is 7.48. The molecule has 64 heavy (non-hydrogen) atoms. The van der Waals surface area contributed by atoms with Crippen molar-refractivity contribution in [2.45, 2.75) is 243 Å². The van der Waals surface area contributed by atoms with Crippen molar-refractivity contribution in [3.8, 4) is 0 Å². The number of esters is 2. The van der Waals surface area contributed by atoms with Gasteiger partial charge in [0.05, 0.1) is 6.61 Å². The van der Waals surface area contributed by atoms with E-state index in [9.17, 15) is 37.9 Å². The van der Waals surface area contributed by atoms with Crippen LogP contribution in [0.4, 0.5) is 0 Å². The number of carbonyl (C=O) groups is 2. The molecule has 12 nitrogen and oxygen atoms in total. The van der Waals surface area contributed by atoms with Crippen molar-refractivity contribution < 1.29 is 56.8 Å². The number of aliphatic hydroxyl groups excluding tert-OH is 3. The first-order valence-electron chi connectivity index (χ1n) is 25.2. The maximum absolute atomic E-state index is 12.8. The number of hydrogen-bond donors (Lipinski definition) is 4. The molecule has 4 N–H and O–H groups in total. The summed E-state index contributed by atoms with van der Waals surface area (Å²) in [7, 11) is -4.61. The molecule has 0 radical (unpaired) electrons. The molecule has 2 unspecified atom stereocenters. The van der Waals surface area contributed by atoms with E-state index in [-0.39, 0.29) is 19.4 Å². The third kappa shape index (κ3) is 34.9. The van der Waals surface area contributed by atoms with Gasteiger partial charge in [-0.15, -0.1) is 0 Å². The van der Waals surface area contributed by atoms with Crippen LogP contribution in [0, 0.1) is 0 Å². The lowest BCUT2D eigenvalue weighted by atomic mass is 10.00. The standard InChI is InChI=1S/C51H90O12S/c1-3-5-7-9-11-13-15-17-19-21-22-24-26-28-30-32-34-36-38-40-47(53)62-44(42-61-51-50(56)49(55)48(54)45(63-51)43-64(57,58)59)41-60-46(52)39-37-35-33-31-29-27-25-23-20-18-16-14-12-10-8-6-4-2/h11,13,17,19,22,24,28,30,44-45,48-51,54-56H,3-10,12,14-16,18,20-21,23,25-27,29,31-43H2,1-2H3,(H,57,58,59)/b13-11+,19-17+,24-22+,30-28+/t44-,45-,48-,49?,50?,51+/m1/s1.